The van der Waals surface area contributed by atoms with E-state index in [0.717, 1.165) is 5.56 Å². The van der Waals surface area contributed by atoms with E-state index in [2.05, 4.69) is 15.5 Å². The number of nitrogens with zero attached hydrogens (tertiary/aromatic N) is 2. The maximum absolute atomic E-state index is 11.9. The maximum Gasteiger partial charge on any atom is 0.328 e. The zero-order chi connectivity index (χ0) is 12.4. The summed E-state index contributed by atoms with van der Waals surface area (Å²) in [5.74, 6) is 0.0994. The average Bonchev–Trinajstić information content (AvgIpc) is 2.63. The van der Waals surface area contributed by atoms with Crippen LogP contribution in [0.3, 0.4) is 0 Å². The molecule has 0 atom stereocenters. The van der Waals surface area contributed by atoms with Gasteiger partial charge in [-0.05, 0) is 25.5 Å². The van der Waals surface area contributed by atoms with E-state index in [4.69, 9.17) is 10.3 Å². The van der Waals surface area contributed by atoms with Crippen LogP contribution in [0.5, 0.6) is 0 Å². The molecule has 0 saturated heterocycles. The number of carbonyl (C=O) groups is 1. The summed E-state index contributed by atoms with van der Waals surface area (Å²) in [5.41, 5.74) is 7.38. The molecule has 0 radical (unpaired) electrons. The average molecular weight is 232 g/mol. The summed E-state index contributed by atoms with van der Waals surface area (Å²) in [6.07, 6.45) is 0. The summed E-state index contributed by atoms with van der Waals surface area (Å²) in [5, 5.41) is 6.08. The maximum atomic E-state index is 11.9. The van der Waals surface area contributed by atoms with E-state index < -0.39 is 0 Å². The Labute approximate surface area is 97.8 Å². The molecule has 2 aromatic rings. The molecular formula is C11H12N4O2. The zero-order valence-corrected chi connectivity index (χ0v) is 9.52. The van der Waals surface area contributed by atoms with E-state index in [1.807, 2.05) is 13.0 Å². The van der Waals surface area contributed by atoms with Gasteiger partial charge in [-0.3, -0.25) is 10.1 Å². The van der Waals surface area contributed by atoms with Crippen molar-refractivity contribution >= 4 is 17.6 Å². The topological polar surface area (TPSA) is 94.0 Å². The number of aromatic nitrogens is 2. The Morgan fingerprint density at radius 3 is 2.76 bits per heavy atom. The van der Waals surface area contributed by atoms with Gasteiger partial charge in [-0.1, -0.05) is 17.3 Å². The summed E-state index contributed by atoms with van der Waals surface area (Å²) < 4.78 is 4.80. The first-order valence-electron chi connectivity index (χ1n) is 5.04. The van der Waals surface area contributed by atoms with E-state index in [1.54, 1.807) is 19.1 Å². The van der Waals surface area contributed by atoms with Crippen molar-refractivity contribution < 1.29 is 9.32 Å². The third-order valence-corrected chi connectivity index (χ3v) is 2.28. The molecule has 0 unspecified atom stereocenters. The van der Waals surface area contributed by atoms with Gasteiger partial charge < -0.3 is 10.3 Å². The summed E-state index contributed by atoms with van der Waals surface area (Å²) >= 11 is 0. The van der Waals surface area contributed by atoms with Gasteiger partial charge in [0.25, 0.3) is 5.91 Å². The van der Waals surface area contributed by atoms with Crippen molar-refractivity contribution in [3.05, 3.63) is 35.2 Å². The molecule has 88 valence electrons. The number of amides is 1. The molecule has 2 rings (SSSR count). The van der Waals surface area contributed by atoms with E-state index in [-0.39, 0.29) is 11.9 Å². The predicted octanol–water partition coefficient (Wildman–Crippen LogP) is 1.52. The second-order valence-corrected chi connectivity index (χ2v) is 3.64. The Morgan fingerprint density at radius 1 is 1.41 bits per heavy atom. The van der Waals surface area contributed by atoms with Crippen molar-refractivity contribution in [2.24, 2.45) is 0 Å². The van der Waals surface area contributed by atoms with Crippen LogP contribution in [0.25, 0.3) is 0 Å². The van der Waals surface area contributed by atoms with Crippen molar-refractivity contribution in [1.29, 1.82) is 0 Å². The standard InChI is InChI=1S/C11H12N4O2/c1-6-4-3-5-8(12)9(6)10(16)14-11-13-7(2)15-17-11/h3-5H,12H2,1-2H3,(H,13,14,15,16). The molecule has 0 saturated carbocycles. The third-order valence-electron chi connectivity index (χ3n) is 2.28. The molecule has 0 bridgehead atoms. The number of anilines is 2. The molecule has 6 nitrogen and oxygen atoms in total. The van der Waals surface area contributed by atoms with Crippen LogP contribution < -0.4 is 11.1 Å². The van der Waals surface area contributed by atoms with Crippen LogP contribution in [-0.4, -0.2) is 16.0 Å². The number of hydrogen-bond acceptors (Lipinski definition) is 5. The largest absolute Gasteiger partial charge is 0.398 e. The lowest BCUT2D eigenvalue weighted by atomic mass is 10.1. The number of carbonyl (C=O) groups excluding carboxylic acids is 1. The van der Waals surface area contributed by atoms with Gasteiger partial charge in [-0.15, -0.1) is 0 Å². The first-order valence-corrected chi connectivity index (χ1v) is 5.04. The second-order valence-electron chi connectivity index (χ2n) is 3.64. The number of nitrogen functional groups attached to an aromatic ring is 1. The van der Waals surface area contributed by atoms with Gasteiger partial charge in [0.2, 0.25) is 0 Å². The van der Waals surface area contributed by atoms with Crippen molar-refractivity contribution in [2.45, 2.75) is 13.8 Å². The Hall–Kier alpha value is -2.37. The highest BCUT2D eigenvalue weighted by Crippen LogP contribution is 2.17. The van der Waals surface area contributed by atoms with Crippen LogP contribution in [0.1, 0.15) is 21.7 Å². The number of nitrogens with two attached hydrogens (primary N) is 1. The fourth-order valence-electron chi connectivity index (χ4n) is 1.51. The monoisotopic (exact) mass is 232 g/mol. The Bertz CT molecular complexity index is 542. The van der Waals surface area contributed by atoms with Crippen molar-refractivity contribution in [3.8, 4) is 0 Å². The Morgan fingerprint density at radius 2 is 2.18 bits per heavy atom. The number of hydrogen-bond donors (Lipinski definition) is 2. The summed E-state index contributed by atoms with van der Waals surface area (Å²) in [6.45, 7) is 3.48. The minimum atomic E-state index is -0.357. The molecule has 1 aromatic heterocycles. The SMILES string of the molecule is Cc1noc(NC(=O)c2c(C)cccc2N)n1. The molecule has 1 aromatic carbocycles. The fraction of sp³-hybridized carbons (Fsp3) is 0.182. The van der Waals surface area contributed by atoms with E-state index in [1.165, 1.54) is 0 Å². The van der Waals surface area contributed by atoms with Crippen LogP contribution in [0.4, 0.5) is 11.7 Å². The van der Waals surface area contributed by atoms with E-state index >= 15 is 0 Å². The molecular weight excluding hydrogens is 220 g/mol. The number of rotatable bonds is 2. The lowest BCUT2D eigenvalue weighted by Crippen LogP contribution is -2.15. The van der Waals surface area contributed by atoms with Crippen molar-refractivity contribution in [3.63, 3.8) is 0 Å². The number of aryl methyl sites for hydroxylation is 2. The quantitative estimate of drug-likeness (QED) is 0.765. The summed E-state index contributed by atoms with van der Waals surface area (Å²) in [7, 11) is 0. The molecule has 1 heterocycles. The Balaban J connectivity index is 2.26. The molecule has 1 amide bonds. The van der Waals surface area contributed by atoms with E-state index in [9.17, 15) is 4.79 Å². The minimum absolute atomic E-state index is 0.0650. The van der Waals surface area contributed by atoms with Crippen LogP contribution >= 0.6 is 0 Å². The van der Waals surface area contributed by atoms with Gasteiger partial charge in [0.15, 0.2) is 5.82 Å². The van der Waals surface area contributed by atoms with Gasteiger partial charge in [-0.2, -0.15) is 4.98 Å². The highest BCUT2D eigenvalue weighted by atomic mass is 16.5. The van der Waals surface area contributed by atoms with Crippen LogP contribution in [0, 0.1) is 13.8 Å². The lowest BCUT2D eigenvalue weighted by molar-refractivity contribution is 0.102. The Kier molecular flexibility index (Phi) is 2.78. The van der Waals surface area contributed by atoms with E-state index in [0.29, 0.717) is 17.1 Å². The highest BCUT2D eigenvalue weighted by Gasteiger charge is 2.15. The smallest absolute Gasteiger partial charge is 0.328 e. The predicted molar refractivity (Wildman–Crippen MR) is 62.6 cm³/mol. The molecule has 17 heavy (non-hydrogen) atoms. The lowest BCUT2D eigenvalue weighted by Gasteiger charge is -2.07. The number of nitrogens with one attached hydrogen (secondary N) is 1. The highest BCUT2D eigenvalue weighted by molar-refractivity contribution is 6.07. The van der Waals surface area contributed by atoms with Gasteiger partial charge in [0, 0.05) is 5.69 Å². The normalized spacial score (nSPS) is 10.2. The summed E-state index contributed by atoms with van der Waals surface area (Å²) in [6, 6.07) is 5.33. The molecule has 0 aliphatic heterocycles. The van der Waals surface area contributed by atoms with Gasteiger partial charge in [-0.25, -0.2) is 0 Å². The molecule has 3 N–H and O–H groups in total. The van der Waals surface area contributed by atoms with Crippen molar-refractivity contribution in [1.82, 2.24) is 10.1 Å². The second kappa shape index (κ2) is 4.25. The van der Waals surface area contributed by atoms with Gasteiger partial charge >= 0.3 is 6.01 Å². The van der Waals surface area contributed by atoms with Gasteiger partial charge in [0.1, 0.15) is 0 Å². The molecule has 0 spiro atoms. The fourth-order valence-corrected chi connectivity index (χ4v) is 1.51. The molecule has 6 heteroatoms. The number of benzene rings is 1. The van der Waals surface area contributed by atoms with Crippen molar-refractivity contribution in [2.75, 3.05) is 11.1 Å². The molecule has 0 fully saturated rings. The first-order chi connectivity index (χ1) is 8.08. The first kappa shape index (κ1) is 11.1. The van der Waals surface area contributed by atoms with Crippen LogP contribution in [0.2, 0.25) is 0 Å². The molecule has 0 aliphatic rings. The van der Waals surface area contributed by atoms with Crippen LogP contribution in [-0.2, 0) is 0 Å². The minimum Gasteiger partial charge on any atom is -0.398 e. The van der Waals surface area contributed by atoms with Gasteiger partial charge in [0.05, 0.1) is 5.56 Å². The summed E-state index contributed by atoms with van der Waals surface area (Å²) in [4.78, 5) is 15.8. The molecule has 0 aliphatic carbocycles. The zero-order valence-electron chi connectivity index (χ0n) is 9.52. The van der Waals surface area contributed by atoms with Crippen LogP contribution in [0.15, 0.2) is 22.7 Å². The third kappa shape index (κ3) is 2.25.